The standard InChI is InChI=1S/C15H16F3NO3/c1-9-8-19(7-6-10(9)14(21)22)13(20)11-4-2-3-5-12(11)15(16,17)18/h2-5,9-10H,6-8H2,1H3,(H,21,22). The molecule has 4 nitrogen and oxygen atoms in total. The Morgan fingerprint density at radius 2 is 1.91 bits per heavy atom. The summed E-state index contributed by atoms with van der Waals surface area (Å²) in [6, 6.07) is 4.65. The number of halogens is 3. The minimum absolute atomic E-state index is 0.141. The smallest absolute Gasteiger partial charge is 0.417 e. The minimum atomic E-state index is -4.60. The number of aliphatic carboxylic acids is 1. The molecule has 2 unspecified atom stereocenters. The van der Waals surface area contributed by atoms with E-state index in [1.165, 1.54) is 17.0 Å². The Hall–Kier alpha value is -2.05. The van der Waals surface area contributed by atoms with E-state index in [1.54, 1.807) is 6.92 Å². The van der Waals surface area contributed by atoms with Gasteiger partial charge in [0.1, 0.15) is 0 Å². The third-order valence-electron chi connectivity index (χ3n) is 3.97. The Morgan fingerprint density at radius 3 is 2.45 bits per heavy atom. The predicted molar refractivity (Wildman–Crippen MR) is 72.3 cm³/mol. The first-order valence-electron chi connectivity index (χ1n) is 6.90. The van der Waals surface area contributed by atoms with Crippen molar-refractivity contribution in [3.63, 3.8) is 0 Å². The lowest BCUT2D eigenvalue weighted by Crippen LogP contribution is -2.45. The third kappa shape index (κ3) is 3.23. The van der Waals surface area contributed by atoms with E-state index in [4.69, 9.17) is 5.11 Å². The number of amides is 1. The molecule has 1 saturated heterocycles. The van der Waals surface area contributed by atoms with Gasteiger partial charge in [0.15, 0.2) is 0 Å². The molecule has 1 N–H and O–H groups in total. The summed E-state index contributed by atoms with van der Waals surface area (Å²) in [5, 5.41) is 9.05. The highest BCUT2D eigenvalue weighted by Crippen LogP contribution is 2.33. The van der Waals surface area contributed by atoms with Gasteiger partial charge in [-0.05, 0) is 24.5 Å². The molecule has 1 fully saturated rings. The van der Waals surface area contributed by atoms with Crippen molar-refractivity contribution < 1.29 is 27.9 Å². The predicted octanol–water partition coefficient (Wildman–Crippen LogP) is 2.89. The van der Waals surface area contributed by atoms with Crippen LogP contribution in [0.4, 0.5) is 13.2 Å². The van der Waals surface area contributed by atoms with Crippen molar-refractivity contribution >= 4 is 11.9 Å². The molecule has 1 amide bonds. The Labute approximate surface area is 125 Å². The van der Waals surface area contributed by atoms with E-state index < -0.39 is 35.1 Å². The Kier molecular flexibility index (Phi) is 4.44. The van der Waals surface area contributed by atoms with Gasteiger partial charge in [0.2, 0.25) is 0 Å². The summed E-state index contributed by atoms with van der Waals surface area (Å²) in [4.78, 5) is 24.7. The fraction of sp³-hybridized carbons (Fsp3) is 0.467. The van der Waals surface area contributed by atoms with Crippen molar-refractivity contribution in [2.45, 2.75) is 19.5 Å². The van der Waals surface area contributed by atoms with Crippen molar-refractivity contribution in [2.24, 2.45) is 11.8 Å². The number of alkyl halides is 3. The van der Waals surface area contributed by atoms with Crippen LogP contribution in [0.15, 0.2) is 24.3 Å². The van der Waals surface area contributed by atoms with E-state index in [0.29, 0.717) is 0 Å². The van der Waals surface area contributed by atoms with Crippen molar-refractivity contribution in [3.05, 3.63) is 35.4 Å². The number of likely N-dealkylation sites (tertiary alicyclic amines) is 1. The molecule has 120 valence electrons. The molecule has 1 aliphatic rings. The number of hydrogen-bond donors (Lipinski definition) is 1. The SMILES string of the molecule is CC1CN(C(=O)c2ccccc2C(F)(F)F)CCC1C(=O)O. The molecule has 1 aliphatic heterocycles. The van der Waals surface area contributed by atoms with Gasteiger partial charge in [-0.15, -0.1) is 0 Å². The summed E-state index contributed by atoms with van der Waals surface area (Å²) >= 11 is 0. The van der Waals surface area contributed by atoms with Gasteiger partial charge >= 0.3 is 12.1 Å². The van der Waals surface area contributed by atoms with Crippen LogP contribution in [-0.4, -0.2) is 35.0 Å². The van der Waals surface area contributed by atoms with Gasteiger partial charge in [-0.1, -0.05) is 19.1 Å². The van der Waals surface area contributed by atoms with Crippen LogP contribution in [-0.2, 0) is 11.0 Å². The highest BCUT2D eigenvalue weighted by atomic mass is 19.4. The van der Waals surface area contributed by atoms with Crippen molar-refractivity contribution in [3.8, 4) is 0 Å². The zero-order valence-corrected chi connectivity index (χ0v) is 11.9. The molecule has 0 aliphatic carbocycles. The average Bonchev–Trinajstić information content (AvgIpc) is 2.45. The van der Waals surface area contributed by atoms with Crippen molar-refractivity contribution in [1.29, 1.82) is 0 Å². The van der Waals surface area contributed by atoms with Crippen LogP contribution in [0, 0.1) is 11.8 Å². The van der Waals surface area contributed by atoms with Crippen molar-refractivity contribution in [1.82, 2.24) is 4.90 Å². The molecule has 7 heteroatoms. The fourth-order valence-electron chi connectivity index (χ4n) is 2.78. The van der Waals surface area contributed by atoms with Crippen LogP contribution in [0.25, 0.3) is 0 Å². The van der Waals surface area contributed by atoms with Crippen LogP contribution in [0.1, 0.15) is 29.3 Å². The lowest BCUT2D eigenvalue weighted by molar-refractivity contribution is -0.145. The zero-order valence-electron chi connectivity index (χ0n) is 11.9. The van der Waals surface area contributed by atoms with Gasteiger partial charge in [-0.2, -0.15) is 13.2 Å². The number of carboxylic acid groups (broad SMARTS) is 1. The molecule has 22 heavy (non-hydrogen) atoms. The van der Waals surface area contributed by atoms with Gasteiger partial charge in [0, 0.05) is 13.1 Å². The van der Waals surface area contributed by atoms with E-state index in [1.807, 2.05) is 0 Å². The number of carboxylic acids is 1. The summed E-state index contributed by atoms with van der Waals surface area (Å²) in [6.07, 6.45) is -4.35. The number of rotatable bonds is 2. The van der Waals surface area contributed by atoms with E-state index in [-0.39, 0.29) is 25.4 Å². The number of benzene rings is 1. The number of carbonyl (C=O) groups excluding carboxylic acids is 1. The van der Waals surface area contributed by atoms with Gasteiger partial charge in [-0.3, -0.25) is 9.59 Å². The first kappa shape index (κ1) is 16.3. The second-order valence-electron chi connectivity index (χ2n) is 5.51. The number of hydrogen-bond acceptors (Lipinski definition) is 2. The number of carbonyl (C=O) groups is 2. The molecule has 0 spiro atoms. The summed E-state index contributed by atoms with van der Waals surface area (Å²) in [5.41, 5.74) is -1.36. The molecule has 2 rings (SSSR count). The molecular formula is C15H16F3NO3. The largest absolute Gasteiger partial charge is 0.481 e. The molecule has 0 aromatic heterocycles. The average molecular weight is 315 g/mol. The maximum absolute atomic E-state index is 13.0. The first-order chi connectivity index (χ1) is 10.2. The van der Waals surface area contributed by atoms with E-state index in [2.05, 4.69) is 0 Å². The second kappa shape index (κ2) is 5.98. The molecule has 2 atom stereocenters. The monoisotopic (exact) mass is 315 g/mol. The number of nitrogens with zero attached hydrogens (tertiary/aromatic N) is 1. The minimum Gasteiger partial charge on any atom is -0.481 e. The summed E-state index contributed by atoms with van der Waals surface area (Å²) in [6.45, 7) is 1.97. The zero-order chi connectivity index (χ0) is 16.5. The highest BCUT2D eigenvalue weighted by Gasteiger charge is 2.38. The Balaban J connectivity index is 2.22. The lowest BCUT2D eigenvalue weighted by Gasteiger charge is -2.35. The quantitative estimate of drug-likeness (QED) is 0.913. The fourth-order valence-corrected chi connectivity index (χ4v) is 2.78. The maximum atomic E-state index is 13.0. The normalized spacial score (nSPS) is 22.5. The van der Waals surface area contributed by atoms with Crippen LogP contribution < -0.4 is 0 Å². The van der Waals surface area contributed by atoms with Crippen LogP contribution in [0.3, 0.4) is 0 Å². The molecule has 0 saturated carbocycles. The summed E-state index contributed by atoms with van der Waals surface area (Å²) < 4.78 is 38.9. The second-order valence-corrected chi connectivity index (χ2v) is 5.51. The Morgan fingerprint density at radius 1 is 1.27 bits per heavy atom. The molecule has 1 aromatic carbocycles. The Bertz CT molecular complexity index is 586. The number of piperidine rings is 1. The van der Waals surface area contributed by atoms with Gasteiger partial charge in [-0.25, -0.2) is 0 Å². The first-order valence-corrected chi connectivity index (χ1v) is 6.90. The lowest BCUT2D eigenvalue weighted by atomic mass is 9.86. The molecule has 0 radical (unpaired) electrons. The van der Waals surface area contributed by atoms with Crippen molar-refractivity contribution in [2.75, 3.05) is 13.1 Å². The molecule has 0 bridgehead atoms. The summed E-state index contributed by atoms with van der Waals surface area (Å²) in [5.74, 6) is -2.51. The molecule has 1 aromatic rings. The topological polar surface area (TPSA) is 57.6 Å². The highest BCUT2D eigenvalue weighted by molar-refractivity contribution is 5.96. The molecule has 1 heterocycles. The van der Waals surface area contributed by atoms with Crippen LogP contribution in [0.2, 0.25) is 0 Å². The third-order valence-corrected chi connectivity index (χ3v) is 3.97. The van der Waals surface area contributed by atoms with Gasteiger partial charge in [0.05, 0.1) is 17.0 Å². The van der Waals surface area contributed by atoms with Crippen LogP contribution in [0.5, 0.6) is 0 Å². The van der Waals surface area contributed by atoms with E-state index in [9.17, 15) is 22.8 Å². The van der Waals surface area contributed by atoms with E-state index in [0.717, 1.165) is 12.1 Å². The van der Waals surface area contributed by atoms with Gasteiger partial charge < -0.3 is 10.0 Å². The van der Waals surface area contributed by atoms with Gasteiger partial charge in [0.25, 0.3) is 5.91 Å². The molecular weight excluding hydrogens is 299 g/mol. The van der Waals surface area contributed by atoms with Crippen LogP contribution >= 0.6 is 0 Å². The van der Waals surface area contributed by atoms with E-state index >= 15 is 0 Å². The summed E-state index contributed by atoms with van der Waals surface area (Å²) in [7, 11) is 0. The maximum Gasteiger partial charge on any atom is 0.417 e.